The zero-order valence-corrected chi connectivity index (χ0v) is 20.4. The van der Waals surface area contributed by atoms with Crippen LogP contribution in [0.4, 0.5) is 10.5 Å². The minimum absolute atomic E-state index is 0. The molecule has 1 aliphatic rings. The number of benzene rings is 2. The lowest BCUT2D eigenvalue weighted by Crippen LogP contribution is -2.37. The topological polar surface area (TPSA) is 80.7 Å². The van der Waals surface area contributed by atoms with Crippen LogP contribution >= 0.6 is 0 Å². The average Bonchev–Trinajstić information content (AvgIpc) is 3.31. The van der Waals surface area contributed by atoms with E-state index in [1.54, 1.807) is 19.4 Å². The first kappa shape index (κ1) is 23.8. The van der Waals surface area contributed by atoms with Crippen LogP contribution in [0.3, 0.4) is 0 Å². The van der Waals surface area contributed by atoms with E-state index < -0.39 is 0 Å². The fourth-order valence-corrected chi connectivity index (χ4v) is 4.47. The van der Waals surface area contributed by atoms with Crippen molar-refractivity contribution in [3.05, 3.63) is 84.2 Å². The van der Waals surface area contributed by atoms with E-state index in [-0.39, 0.29) is 8.88 Å². The molecule has 0 saturated carbocycles. The molecule has 0 radical (unpaired) electrons. The van der Waals surface area contributed by atoms with Gasteiger partial charge in [-0.25, -0.2) is 9.78 Å². The molecule has 0 unspecified atom stereocenters. The van der Waals surface area contributed by atoms with Crippen LogP contribution in [0, 0.1) is 0 Å². The summed E-state index contributed by atoms with van der Waals surface area (Å²) in [6.45, 7) is 5.04. The summed E-state index contributed by atoms with van der Waals surface area (Å²) in [4.78, 5) is 19.0. The van der Waals surface area contributed by atoms with Crippen molar-refractivity contribution in [3.8, 4) is 11.6 Å². The Bertz CT molecular complexity index is 1310. The number of fused-ring (bicyclic) bond motifs is 1. The van der Waals surface area contributed by atoms with Gasteiger partial charge in [-0.05, 0) is 47.9 Å². The van der Waals surface area contributed by atoms with E-state index in [9.17, 15) is 4.79 Å². The molecule has 2 amide bonds. The number of pyridine rings is 1. The SMILES string of the molecule is COc1ccc(CNC(=O)Nc2ccc(-n3cc(CCN4CCOCC4)c4ccccc43)cc2)cn1.[HH].[HH]. The fourth-order valence-electron chi connectivity index (χ4n) is 4.47. The molecule has 2 aromatic carbocycles. The predicted octanol–water partition coefficient (Wildman–Crippen LogP) is 4.72. The second-order valence-corrected chi connectivity index (χ2v) is 8.81. The fraction of sp³-hybridized carbons (Fsp3) is 0.286. The Labute approximate surface area is 213 Å². The zero-order chi connectivity index (χ0) is 24.7. The van der Waals surface area contributed by atoms with Crippen molar-refractivity contribution in [2.24, 2.45) is 0 Å². The molecule has 5 rings (SSSR count). The third-order valence-corrected chi connectivity index (χ3v) is 6.46. The number of hydrogen-bond donors (Lipinski definition) is 2. The number of hydrogen-bond acceptors (Lipinski definition) is 5. The van der Waals surface area contributed by atoms with Crippen LogP contribution in [0.1, 0.15) is 14.0 Å². The molecule has 2 N–H and O–H groups in total. The van der Waals surface area contributed by atoms with Gasteiger partial charge in [0.05, 0.1) is 25.8 Å². The minimum Gasteiger partial charge on any atom is -0.481 e. The molecule has 2 aromatic heterocycles. The molecule has 36 heavy (non-hydrogen) atoms. The molecule has 1 fully saturated rings. The lowest BCUT2D eigenvalue weighted by molar-refractivity contribution is 0.0385. The summed E-state index contributed by atoms with van der Waals surface area (Å²) in [5.41, 5.74) is 5.20. The highest BCUT2D eigenvalue weighted by atomic mass is 16.5. The summed E-state index contributed by atoms with van der Waals surface area (Å²) in [5.74, 6) is 0.544. The number of para-hydroxylation sites is 1. The molecule has 190 valence electrons. The van der Waals surface area contributed by atoms with Gasteiger partial charge in [0.25, 0.3) is 0 Å². The van der Waals surface area contributed by atoms with Crippen molar-refractivity contribution in [2.45, 2.75) is 13.0 Å². The molecular weight excluding hydrogens is 454 g/mol. The second kappa shape index (κ2) is 11.2. The summed E-state index contributed by atoms with van der Waals surface area (Å²) in [5, 5.41) is 7.02. The normalized spacial score (nSPS) is 14.0. The minimum atomic E-state index is -0.268. The number of methoxy groups -OCH3 is 1. The maximum atomic E-state index is 12.4. The Morgan fingerprint density at radius 2 is 1.89 bits per heavy atom. The molecular formula is C28H35N5O3. The van der Waals surface area contributed by atoms with Gasteiger partial charge in [0.1, 0.15) is 0 Å². The van der Waals surface area contributed by atoms with E-state index in [0.29, 0.717) is 12.4 Å². The van der Waals surface area contributed by atoms with Crippen molar-refractivity contribution < 1.29 is 17.1 Å². The van der Waals surface area contributed by atoms with Gasteiger partial charge in [-0.3, -0.25) is 4.90 Å². The highest BCUT2D eigenvalue weighted by Crippen LogP contribution is 2.26. The number of carbonyl (C=O) groups excluding carboxylic acids is 1. The van der Waals surface area contributed by atoms with Gasteiger partial charge in [-0.2, -0.15) is 0 Å². The lowest BCUT2D eigenvalue weighted by Gasteiger charge is -2.26. The highest BCUT2D eigenvalue weighted by molar-refractivity contribution is 5.89. The number of carbonyl (C=O) groups is 1. The third-order valence-electron chi connectivity index (χ3n) is 6.46. The van der Waals surface area contributed by atoms with E-state index in [0.717, 1.165) is 56.2 Å². The van der Waals surface area contributed by atoms with Crippen LogP contribution in [0.25, 0.3) is 16.6 Å². The summed E-state index contributed by atoms with van der Waals surface area (Å²) in [6.07, 6.45) is 4.92. The van der Waals surface area contributed by atoms with Gasteiger partial charge >= 0.3 is 6.03 Å². The molecule has 1 saturated heterocycles. The molecule has 8 nitrogen and oxygen atoms in total. The van der Waals surface area contributed by atoms with Gasteiger partial charge in [-0.1, -0.05) is 24.3 Å². The van der Waals surface area contributed by atoms with E-state index >= 15 is 0 Å². The van der Waals surface area contributed by atoms with Crippen molar-refractivity contribution in [1.29, 1.82) is 0 Å². The predicted molar refractivity (Wildman–Crippen MR) is 145 cm³/mol. The highest BCUT2D eigenvalue weighted by Gasteiger charge is 2.14. The zero-order valence-electron chi connectivity index (χ0n) is 20.4. The number of amides is 2. The van der Waals surface area contributed by atoms with E-state index in [1.165, 1.54) is 16.5 Å². The van der Waals surface area contributed by atoms with E-state index in [4.69, 9.17) is 9.47 Å². The van der Waals surface area contributed by atoms with Crippen molar-refractivity contribution in [3.63, 3.8) is 0 Å². The molecule has 3 heterocycles. The Morgan fingerprint density at radius 3 is 2.64 bits per heavy atom. The van der Waals surface area contributed by atoms with Crippen LogP contribution in [0.5, 0.6) is 5.88 Å². The van der Waals surface area contributed by atoms with Gasteiger partial charge in [0.15, 0.2) is 0 Å². The van der Waals surface area contributed by atoms with Crippen LogP contribution < -0.4 is 15.4 Å². The quantitative estimate of drug-likeness (QED) is 0.374. The third kappa shape index (κ3) is 5.67. The van der Waals surface area contributed by atoms with Gasteiger partial charge in [0.2, 0.25) is 5.88 Å². The van der Waals surface area contributed by atoms with E-state index in [2.05, 4.69) is 55.5 Å². The Morgan fingerprint density at radius 1 is 1.08 bits per heavy atom. The Balaban J connectivity index is 0.00000200. The van der Waals surface area contributed by atoms with Crippen molar-refractivity contribution in [2.75, 3.05) is 45.3 Å². The van der Waals surface area contributed by atoms with Gasteiger partial charge in [-0.15, -0.1) is 0 Å². The Kier molecular flexibility index (Phi) is 7.44. The average molecular weight is 490 g/mol. The molecule has 0 bridgehead atoms. The summed E-state index contributed by atoms with van der Waals surface area (Å²) in [6, 6.07) is 19.8. The molecule has 4 aromatic rings. The maximum absolute atomic E-state index is 12.4. The van der Waals surface area contributed by atoms with Crippen LogP contribution in [-0.2, 0) is 17.7 Å². The number of ether oxygens (including phenoxy) is 2. The van der Waals surface area contributed by atoms with Gasteiger partial charge in [0, 0.05) is 64.3 Å². The summed E-state index contributed by atoms with van der Waals surface area (Å²) < 4.78 is 12.8. The van der Waals surface area contributed by atoms with Crippen LogP contribution in [0.15, 0.2) is 73.1 Å². The van der Waals surface area contributed by atoms with Crippen molar-refractivity contribution >= 4 is 22.6 Å². The summed E-state index contributed by atoms with van der Waals surface area (Å²) in [7, 11) is 1.57. The van der Waals surface area contributed by atoms with Crippen molar-refractivity contribution in [1.82, 2.24) is 19.8 Å². The first-order valence-corrected chi connectivity index (χ1v) is 12.2. The smallest absolute Gasteiger partial charge is 0.319 e. The lowest BCUT2D eigenvalue weighted by atomic mass is 10.1. The number of rotatable bonds is 8. The summed E-state index contributed by atoms with van der Waals surface area (Å²) >= 11 is 0. The van der Waals surface area contributed by atoms with Crippen LogP contribution in [-0.4, -0.2) is 60.4 Å². The second-order valence-electron chi connectivity index (χ2n) is 8.81. The number of anilines is 1. The monoisotopic (exact) mass is 489 g/mol. The number of aromatic nitrogens is 2. The number of urea groups is 1. The first-order valence-electron chi connectivity index (χ1n) is 12.2. The number of nitrogens with one attached hydrogen (secondary N) is 2. The number of nitrogens with zero attached hydrogens (tertiary/aromatic N) is 3. The van der Waals surface area contributed by atoms with Gasteiger partial charge < -0.3 is 24.7 Å². The first-order chi connectivity index (χ1) is 17.7. The molecule has 8 heteroatoms. The number of morpholine rings is 1. The molecule has 0 aliphatic carbocycles. The molecule has 0 atom stereocenters. The Hall–Kier alpha value is -3.88. The van der Waals surface area contributed by atoms with Crippen LogP contribution in [0.2, 0.25) is 0 Å². The maximum Gasteiger partial charge on any atom is 0.319 e. The molecule has 0 spiro atoms. The van der Waals surface area contributed by atoms with E-state index in [1.807, 2.05) is 30.3 Å². The largest absolute Gasteiger partial charge is 0.481 e. The standard InChI is InChI=1S/C28H31N5O3.2H2/c1-35-27-11-6-21(18-29-27)19-30-28(34)31-23-7-9-24(10-8-23)33-20-22(25-4-2-3-5-26(25)33)12-13-32-14-16-36-17-15-32;;/h2-11,18,20H,12-17,19H2,1H3,(H2,30,31,34);2*1H. The molecule has 1 aliphatic heterocycles.